The van der Waals surface area contributed by atoms with Gasteiger partial charge >= 0.3 is 0 Å². The Morgan fingerprint density at radius 1 is 1.33 bits per heavy atom. The Labute approximate surface area is 141 Å². The highest BCUT2D eigenvalue weighted by Crippen LogP contribution is 1.99. The van der Waals surface area contributed by atoms with Gasteiger partial charge in [0.2, 0.25) is 5.91 Å². The van der Waals surface area contributed by atoms with Crippen molar-refractivity contribution in [1.29, 1.82) is 0 Å². The van der Waals surface area contributed by atoms with E-state index in [0.717, 1.165) is 12.2 Å². The summed E-state index contributed by atoms with van der Waals surface area (Å²) in [5, 5.41) is 8.75. The highest BCUT2D eigenvalue weighted by atomic mass is 127. The number of nitrogens with zero attached hydrogens (tertiary/aromatic N) is 1. The Morgan fingerprint density at radius 2 is 2.14 bits per heavy atom. The molecule has 1 heterocycles. The number of carbonyl (C=O) groups excluding carboxylic acids is 1. The topological polar surface area (TPSA) is 87.9 Å². The monoisotopic (exact) mass is 410 g/mol. The van der Waals surface area contributed by atoms with Crippen LogP contribution in [0.2, 0.25) is 0 Å². The van der Waals surface area contributed by atoms with Crippen molar-refractivity contribution < 1.29 is 13.9 Å². The number of ether oxygens (including phenoxy) is 1. The van der Waals surface area contributed by atoms with E-state index in [2.05, 4.69) is 20.9 Å². The quantitative estimate of drug-likeness (QED) is 0.250. The lowest BCUT2D eigenvalue weighted by atomic mass is 10.3. The molecule has 21 heavy (non-hydrogen) atoms. The molecule has 1 aromatic rings. The Hall–Kier alpha value is -1.29. The number of halogens is 1. The molecule has 0 atom stereocenters. The van der Waals surface area contributed by atoms with E-state index in [1.54, 1.807) is 20.4 Å². The molecule has 1 aromatic heterocycles. The van der Waals surface area contributed by atoms with Crippen molar-refractivity contribution in [3.63, 3.8) is 0 Å². The Morgan fingerprint density at radius 3 is 2.76 bits per heavy atom. The SMILES string of the molecule is CN=C(NCCc1ccco1)NCC(=O)NCCOC.I. The molecule has 0 aliphatic rings. The van der Waals surface area contributed by atoms with E-state index in [9.17, 15) is 4.79 Å². The molecule has 8 heteroatoms. The van der Waals surface area contributed by atoms with Gasteiger partial charge in [-0.3, -0.25) is 9.79 Å². The fourth-order valence-electron chi connectivity index (χ4n) is 1.50. The third-order valence-electron chi connectivity index (χ3n) is 2.51. The van der Waals surface area contributed by atoms with Gasteiger partial charge in [-0.25, -0.2) is 0 Å². The standard InChI is InChI=1S/C13H22N4O3.HI/c1-14-13(16-6-5-11-4-3-8-20-11)17-10-12(18)15-7-9-19-2;/h3-4,8H,5-7,9-10H2,1-2H3,(H,15,18)(H2,14,16,17);1H. The van der Waals surface area contributed by atoms with Gasteiger partial charge in [-0.2, -0.15) is 0 Å². The van der Waals surface area contributed by atoms with Crippen LogP contribution >= 0.6 is 24.0 Å². The molecular formula is C13H23IN4O3. The first-order chi connectivity index (χ1) is 9.76. The predicted molar refractivity (Wildman–Crippen MR) is 92.1 cm³/mol. The van der Waals surface area contributed by atoms with Crippen molar-refractivity contribution in [3.05, 3.63) is 24.2 Å². The molecule has 0 saturated heterocycles. The van der Waals surface area contributed by atoms with E-state index in [0.29, 0.717) is 25.7 Å². The number of hydrogen-bond acceptors (Lipinski definition) is 4. The lowest BCUT2D eigenvalue weighted by Gasteiger charge is -2.11. The molecule has 0 fully saturated rings. The van der Waals surface area contributed by atoms with Crippen LogP contribution in [0.15, 0.2) is 27.8 Å². The number of furan rings is 1. The van der Waals surface area contributed by atoms with Gasteiger partial charge < -0.3 is 25.1 Å². The summed E-state index contributed by atoms with van der Waals surface area (Å²) in [6, 6.07) is 3.77. The summed E-state index contributed by atoms with van der Waals surface area (Å²) in [6.07, 6.45) is 2.40. The van der Waals surface area contributed by atoms with Crippen LogP contribution in [0.5, 0.6) is 0 Å². The Kier molecular flexibility index (Phi) is 11.7. The Balaban J connectivity index is 0.00000400. The fraction of sp³-hybridized carbons (Fsp3) is 0.538. The van der Waals surface area contributed by atoms with E-state index < -0.39 is 0 Å². The highest BCUT2D eigenvalue weighted by molar-refractivity contribution is 14.0. The maximum absolute atomic E-state index is 11.5. The molecule has 0 aliphatic heterocycles. The molecule has 120 valence electrons. The zero-order valence-corrected chi connectivity index (χ0v) is 14.7. The minimum Gasteiger partial charge on any atom is -0.469 e. The smallest absolute Gasteiger partial charge is 0.239 e. The molecule has 0 spiro atoms. The summed E-state index contributed by atoms with van der Waals surface area (Å²) < 4.78 is 10.1. The maximum atomic E-state index is 11.5. The van der Waals surface area contributed by atoms with Crippen LogP contribution < -0.4 is 16.0 Å². The van der Waals surface area contributed by atoms with Gasteiger partial charge in [0.15, 0.2) is 5.96 Å². The second-order valence-corrected chi connectivity index (χ2v) is 4.02. The lowest BCUT2D eigenvalue weighted by Crippen LogP contribution is -2.44. The van der Waals surface area contributed by atoms with Crippen LogP contribution in [0.3, 0.4) is 0 Å². The van der Waals surface area contributed by atoms with Crippen LogP contribution in [0.4, 0.5) is 0 Å². The predicted octanol–water partition coefficient (Wildman–Crippen LogP) is 0.368. The minimum atomic E-state index is -0.101. The fourth-order valence-corrected chi connectivity index (χ4v) is 1.50. The van der Waals surface area contributed by atoms with Crippen molar-refractivity contribution >= 4 is 35.8 Å². The molecule has 0 bridgehead atoms. The van der Waals surface area contributed by atoms with Gasteiger partial charge in [0.05, 0.1) is 19.4 Å². The molecule has 1 rings (SSSR count). The maximum Gasteiger partial charge on any atom is 0.239 e. The third-order valence-corrected chi connectivity index (χ3v) is 2.51. The minimum absolute atomic E-state index is 0. The van der Waals surface area contributed by atoms with Crippen molar-refractivity contribution in [2.24, 2.45) is 4.99 Å². The highest BCUT2D eigenvalue weighted by Gasteiger charge is 2.03. The van der Waals surface area contributed by atoms with Gasteiger partial charge in [-0.05, 0) is 12.1 Å². The zero-order chi connectivity index (χ0) is 14.6. The van der Waals surface area contributed by atoms with Gasteiger partial charge in [0, 0.05) is 33.7 Å². The lowest BCUT2D eigenvalue weighted by molar-refractivity contribution is -0.120. The summed E-state index contributed by atoms with van der Waals surface area (Å²) in [4.78, 5) is 15.5. The first-order valence-corrected chi connectivity index (χ1v) is 6.48. The molecule has 0 aromatic carbocycles. The summed E-state index contributed by atoms with van der Waals surface area (Å²) in [5.74, 6) is 1.39. The zero-order valence-electron chi connectivity index (χ0n) is 12.3. The average molecular weight is 410 g/mol. The van der Waals surface area contributed by atoms with E-state index in [1.807, 2.05) is 12.1 Å². The molecule has 0 unspecified atom stereocenters. The summed E-state index contributed by atoms with van der Waals surface area (Å²) >= 11 is 0. The van der Waals surface area contributed by atoms with Gasteiger partial charge in [-0.1, -0.05) is 0 Å². The number of aliphatic imine (C=N–C) groups is 1. The number of guanidine groups is 1. The van der Waals surface area contributed by atoms with Crippen LogP contribution in [0.25, 0.3) is 0 Å². The van der Waals surface area contributed by atoms with Crippen molar-refractivity contribution in [1.82, 2.24) is 16.0 Å². The largest absolute Gasteiger partial charge is 0.469 e. The van der Waals surface area contributed by atoms with Crippen molar-refractivity contribution in [2.45, 2.75) is 6.42 Å². The molecule has 0 aliphatic carbocycles. The summed E-state index contributed by atoms with van der Waals surface area (Å²) in [6.45, 7) is 1.85. The second kappa shape index (κ2) is 12.5. The number of carbonyl (C=O) groups is 1. The molecular weight excluding hydrogens is 387 g/mol. The van der Waals surface area contributed by atoms with E-state index in [4.69, 9.17) is 9.15 Å². The van der Waals surface area contributed by atoms with Crippen LogP contribution in [0, 0.1) is 0 Å². The number of rotatable bonds is 8. The summed E-state index contributed by atoms with van der Waals surface area (Å²) in [5.41, 5.74) is 0. The molecule has 3 N–H and O–H groups in total. The molecule has 0 radical (unpaired) electrons. The number of nitrogens with one attached hydrogen (secondary N) is 3. The van der Waals surface area contributed by atoms with Crippen molar-refractivity contribution in [3.8, 4) is 0 Å². The first kappa shape index (κ1) is 19.7. The molecule has 0 saturated carbocycles. The Bertz CT molecular complexity index is 410. The average Bonchev–Trinajstić information content (AvgIpc) is 2.96. The number of amides is 1. The first-order valence-electron chi connectivity index (χ1n) is 6.48. The van der Waals surface area contributed by atoms with Crippen LogP contribution in [0.1, 0.15) is 5.76 Å². The normalized spacial score (nSPS) is 10.7. The second-order valence-electron chi connectivity index (χ2n) is 4.02. The van der Waals surface area contributed by atoms with Gasteiger partial charge in [-0.15, -0.1) is 24.0 Å². The van der Waals surface area contributed by atoms with E-state index in [-0.39, 0.29) is 36.4 Å². The van der Waals surface area contributed by atoms with Crippen LogP contribution in [-0.4, -0.2) is 52.3 Å². The van der Waals surface area contributed by atoms with Gasteiger partial charge in [0.1, 0.15) is 5.76 Å². The van der Waals surface area contributed by atoms with Crippen LogP contribution in [-0.2, 0) is 16.0 Å². The summed E-state index contributed by atoms with van der Waals surface area (Å²) in [7, 11) is 3.25. The van der Waals surface area contributed by atoms with E-state index in [1.165, 1.54) is 0 Å². The van der Waals surface area contributed by atoms with Gasteiger partial charge in [0.25, 0.3) is 0 Å². The van der Waals surface area contributed by atoms with E-state index >= 15 is 0 Å². The van der Waals surface area contributed by atoms with Crippen molar-refractivity contribution in [2.75, 3.05) is 40.4 Å². The number of methoxy groups -OCH3 is 1. The molecule has 7 nitrogen and oxygen atoms in total. The molecule has 1 amide bonds. The third kappa shape index (κ3) is 9.29. The number of hydrogen-bond donors (Lipinski definition) is 3.